The van der Waals surface area contributed by atoms with Gasteiger partial charge in [0.2, 0.25) is 5.91 Å². The maximum absolute atomic E-state index is 11.8. The Labute approximate surface area is 118 Å². The van der Waals surface area contributed by atoms with E-state index in [1.165, 1.54) is 4.90 Å². The molecule has 0 radical (unpaired) electrons. The predicted octanol–water partition coefficient (Wildman–Crippen LogP) is 1.94. The molecule has 1 aliphatic heterocycles. The summed E-state index contributed by atoms with van der Waals surface area (Å²) in [5.41, 5.74) is 2.01. The van der Waals surface area contributed by atoms with Gasteiger partial charge in [-0.15, -0.1) is 11.8 Å². The Morgan fingerprint density at radius 3 is 2.89 bits per heavy atom. The van der Waals surface area contributed by atoms with Crippen LogP contribution in [0.3, 0.4) is 0 Å². The van der Waals surface area contributed by atoms with Crippen LogP contribution in [-0.2, 0) is 4.79 Å². The van der Waals surface area contributed by atoms with Crippen molar-refractivity contribution < 1.29 is 4.79 Å². The van der Waals surface area contributed by atoms with Crippen LogP contribution in [-0.4, -0.2) is 43.7 Å². The van der Waals surface area contributed by atoms with Crippen molar-refractivity contribution in [3.63, 3.8) is 0 Å². The van der Waals surface area contributed by atoms with E-state index >= 15 is 0 Å². The summed E-state index contributed by atoms with van der Waals surface area (Å²) < 4.78 is 0. The van der Waals surface area contributed by atoms with Crippen molar-refractivity contribution in [2.45, 2.75) is 17.9 Å². The minimum atomic E-state index is -0.194. The van der Waals surface area contributed by atoms with Crippen molar-refractivity contribution in [2.75, 3.05) is 38.3 Å². The third-order valence-corrected chi connectivity index (χ3v) is 4.05. The summed E-state index contributed by atoms with van der Waals surface area (Å²) in [6.07, 6.45) is 0. The molecule has 2 N–H and O–H groups in total. The van der Waals surface area contributed by atoms with E-state index in [0.29, 0.717) is 0 Å². The van der Waals surface area contributed by atoms with Gasteiger partial charge in [0.25, 0.3) is 0 Å². The number of carbonyl (C=O) groups excluding carboxylic acids is 1. The number of likely N-dealkylation sites (N-methyl/N-ethyl adjacent to an activating group) is 1. The Morgan fingerprint density at radius 1 is 1.42 bits per heavy atom. The number of benzene rings is 1. The van der Waals surface area contributed by atoms with Crippen molar-refractivity contribution in [1.82, 2.24) is 10.2 Å². The van der Waals surface area contributed by atoms with Gasteiger partial charge in [-0.05, 0) is 32.8 Å². The fraction of sp³-hybridized carbons (Fsp3) is 0.500. The molecular weight excluding hydrogens is 258 g/mol. The van der Waals surface area contributed by atoms with Gasteiger partial charge in [-0.1, -0.05) is 13.0 Å². The lowest BCUT2D eigenvalue weighted by molar-refractivity contribution is -0.117. The van der Waals surface area contributed by atoms with Crippen LogP contribution in [0.2, 0.25) is 0 Å². The van der Waals surface area contributed by atoms with Gasteiger partial charge in [0.1, 0.15) is 6.04 Å². The van der Waals surface area contributed by atoms with Gasteiger partial charge in [-0.2, -0.15) is 0 Å². The zero-order valence-corrected chi connectivity index (χ0v) is 12.5. The van der Waals surface area contributed by atoms with E-state index in [-0.39, 0.29) is 11.9 Å². The maximum Gasteiger partial charge on any atom is 0.246 e. The number of anilines is 1. The average Bonchev–Trinajstić information content (AvgIpc) is 2.65. The summed E-state index contributed by atoms with van der Waals surface area (Å²) >= 11 is 1.82. The first kappa shape index (κ1) is 14.4. The van der Waals surface area contributed by atoms with Crippen LogP contribution in [0.4, 0.5) is 5.69 Å². The zero-order valence-electron chi connectivity index (χ0n) is 11.7. The molecule has 1 aliphatic rings. The van der Waals surface area contributed by atoms with Gasteiger partial charge >= 0.3 is 0 Å². The van der Waals surface area contributed by atoms with E-state index < -0.39 is 0 Å². The molecule has 1 atom stereocenters. The van der Waals surface area contributed by atoms with Crippen molar-refractivity contribution in [1.29, 1.82) is 0 Å². The number of nitrogens with zero attached hydrogens (tertiary/aromatic N) is 1. The fourth-order valence-electron chi connectivity index (χ4n) is 2.08. The average molecular weight is 279 g/mol. The highest BCUT2D eigenvalue weighted by molar-refractivity contribution is 7.99. The molecule has 0 aliphatic carbocycles. The molecule has 2 rings (SSSR count). The molecule has 0 aromatic heterocycles. The monoisotopic (exact) mass is 279 g/mol. The van der Waals surface area contributed by atoms with Gasteiger partial charge in [-0.25, -0.2) is 0 Å². The van der Waals surface area contributed by atoms with Gasteiger partial charge in [0, 0.05) is 28.4 Å². The normalized spacial score (nSPS) is 17.7. The van der Waals surface area contributed by atoms with Crippen LogP contribution < -0.4 is 10.6 Å². The number of fused-ring (bicyclic) bond motifs is 1. The number of rotatable bonds is 6. The standard InChI is InChI=1S/C14H21N3OS/c1-4-15-13-11-6-5-10(19-8-7-17(2)3)9-12(11)16-14(13)18/h5-6,9,13,15H,4,7-8H2,1-3H3,(H,16,18). The van der Waals surface area contributed by atoms with Crippen LogP contribution in [0.15, 0.2) is 23.1 Å². The molecule has 1 aromatic rings. The highest BCUT2D eigenvalue weighted by atomic mass is 32.2. The maximum atomic E-state index is 11.8. The second kappa shape index (κ2) is 6.41. The first-order valence-electron chi connectivity index (χ1n) is 6.57. The summed E-state index contributed by atoms with van der Waals surface area (Å²) in [6.45, 7) is 3.85. The SMILES string of the molecule is CCNC1C(=O)Nc2cc(SCCN(C)C)ccc21. The van der Waals surface area contributed by atoms with Crippen molar-refractivity contribution in [2.24, 2.45) is 0 Å². The molecule has 1 heterocycles. The van der Waals surface area contributed by atoms with E-state index in [2.05, 4.69) is 47.8 Å². The molecule has 19 heavy (non-hydrogen) atoms. The van der Waals surface area contributed by atoms with Crippen molar-refractivity contribution in [3.8, 4) is 0 Å². The van der Waals surface area contributed by atoms with Crippen LogP contribution in [0.25, 0.3) is 0 Å². The van der Waals surface area contributed by atoms with Gasteiger partial charge in [-0.3, -0.25) is 4.79 Å². The summed E-state index contributed by atoms with van der Waals surface area (Å²) in [5, 5.41) is 6.15. The third kappa shape index (κ3) is 3.49. The lowest BCUT2D eigenvalue weighted by Crippen LogP contribution is -2.27. The van der Waals surface area contributed by atoms with Crippen molar-refractivity contribution >= 4 is 23.4 Å². The van der Waals surface area contributed by atoms with E-state index in [4.69, 9.17) is 0 Å². The predicted molar refractivity (Wildman–Crippen MR) is 80.8 cm³/mol. The first-order chi connectivity index (χ1) is 9.11. The van der Waals surface area contributed by atoms with Gasteiger partial charge in [0.15, 0.2) is 0 Å². The topological polar surface area (TPSA) is 44.4 Å². The Bertz CT molecular complexity index is 462. The lowest BCUT2D eigenvalue weighted by Gasteiger charge is -2.10. The third-order valence-electron chi connectivity index (χ3n) is 3.07. The molecule has 4 nitrogen and oxygen atoms in total. The molecule has 0 bridgehead atoms. The molecule has 0 saturated carbocycles. The fourth-order valence-corrected chi connectivity index (χ4v) is 3.14. The molecule has 104 valence electrons. The molecule has 0 spiro atoms. The largest absolute Gasteiger partial charge is 0.324 e. The number of hydrogen-bond acceptors (Lipinski definition) is 4. The molecule has 0 saturated heterocycles. The van der Waals surface area contributed by atoms with Crippen LogP contribution in [0, 0.1) is 0 Å². The molecule has 5 heteroatoms. The van der Waals surface area contributed by atoms with Crippen LogP contribution >= 0.6 is 11.8 Å². The van der Waals surface area contributed by atoms with E-state index in [0.717, 1.165) is 30.1 Å². The second-order valence-corrected chi connectivity index (χ2v) is 6.05. The summed E-state index contributed by atoms with van der Waals surface area (Å²) in [6, 6.07) is 6.04. The first-order valence-corrected chi connectivity index (χ1v) is 7.56. The Balaban J connectivity index is 2.05. The second-order valence-electron chi connectivity index (χ2n) is 4.88. The van der Waals surface area contributed by atoms with E-state index in [1.54, 1.807) is 0 Å². The highest BCUT2D eigenvalue weighted by Gasteiger charge is 2.29. The summed E-state index contributed by atoms with van der Waals surface area (Å²) in [7, 11) is 4.15. The highest BCUT2D eigenvalue weighted by Crippen LogP contribution is 2.34. The number of thioether (sulfide) groups is 1. The van der Waals surface area contributed by atoms with Crippen LogP contribution in [0.5, 0.6) is 0 Å². The zero-order chi connectivity index (χ0) is 13.8. The molecule has 1 amide bonds. The molecule has 1 aromatic carbocycles. The number of carbonyl (C=O) groups is 1. The van der Waals surface area contributed by atoms with Crippen molar-refractivity contribution in [3.05, 3.63) is 23.8 Å². The summed E-state index contributed by atoms with van der Waals surface area (Å²) in [5.74, 6) is 1.10. The Kier molecular flexibility index (Phi) is 4.85. The number of nitrogens with one attached hydrogen (secondary N) is 2. The minimum Gasteiger partial charge on any atom is -0.324 e. The van der Waals surface area contributed by atoms with Gasteiger partial charge in [0.05, 0.1) is 0 Å². The van der Waals surface area contributed by atoms with Gasteiger partial charge < -0.3 is 15.5 Å². The Hall–Kier alpha value is -1.04. The smallest absolute Gasteiger partial charge is 0.246 e. The van der Waals surface area contributed by atoms with Crippen LogP contribution in [0.1, 0.15) is 18.5 Å². The number of hydrogen-bond donors (Lipinski definition) is 2. The quantitative estimate of drug-likeness (QED) is 0.781. The molecule has 0 fully saturated rings. The molecule has 1 unspecified atom stereocenters. The molecular formula is C14H21N3OS. The minimum absolute atomic E-state index is 0.0484. The lowest BCUT2D eigenvalue weighted by atomic mass is 10.1. The van der Waals surface area contributed by atoms with E-state index in [9.17, 15) is 4.79 Å². The van der Waals surface area contributed by atoms with E-state index in [1.807, 2.05) is 18.7 Å². The Morgan fingerprint density at radius 2 is 2.21 bits per heavy atom. The summed E-state index contributed by atoms with van der Waals surface area (Å²) in [4.78, 5) is 15.2. The number of amides is 1.